The second-order valence-corrected chi connectivity index (χ2v) is 4.72. The molecule has 1 unspecified atom stereocenters. The average molecular weight is 223 g/mol. The molecule has 0 amide bonds. The maximum atomic E-state index is 5.19. The number of hydrogen-bond donors (Lipinski definition) is 1. The molecule has 0 spiro atoms. The summed E-state index contributed by atoms with van der Waals surface area (Å²) in [5.41, 5.74) is 2.26. The van der Waals surface area contributed by atoms with Crippen LogP contribution in [-0.4, -0.2) is 36.2 Å². The lowest BCUT2D eigenvalue weighted by atomic mass is 10.1. The monoisotopic (exact) mass is 223 g/mol. The summed E-state index contributed by atoms with van der Waals surface area (Å²) in [6, 6.07) is 0.641. The van der Waals surface area contributed by atoms with E-state index in [1.54, 1.807) is 0 Å². The lowest BCUT2D eigenvalue weighted by Crippen LogP contribution is -2.43. The van der Waals surface area contributed by atoms with Gasteiger partial charge >= 0.3 is 0 Å². The van der Waals surface area contributed by atoms with Gasteiger partial charge in [-0.25, -0.2) is 0 Å². The minimum atomic E-state index is 0.641. The third-order valence-corrected chi connectivity index (χ3v) is 3.48. The van der Waals surface area contributed by atoms with Crippen LogP contribution in [0.5, 0.6) is 0 Å². The molecular weight excluding hydrogens is 202 g/mol. The van der Waals surface area contributed by atoms with Crippen LogP contribution in [0, 0.1) is 13.8 Å². The van der Waals surface area contributed by atoms with Gasteiger partial charge in [0.15, 0.2) is 0 Å². The molecule has 1 aliphatic rings. The van der Waals surface area contributed by atoms with Gasteiger partial charge in [-0.15, -0.1) is 0 Å². The normalized spacial score (nSPS) is 21.6. The lowest BCUT2D eigenvalue weighted by molar-refractivity contribution is 0.194. The second kappa shape index (κ2) is 4.97. The predicted octanol–water partition coefficient (Wildman–Crippen LogP) is 1.48. The van der Waals surface area contributed by atoms with Crippen LogP contribution in [0.1, 0.15) is 29.9 Å². The highest BCUT2D eigenvalue weighted by Gasteiger charge is 2.20. The fourth-order valence-corrected chi connectivity index (χ4v) is 2.32. The highest BCUT2D eigenvalue weighted by molar-refractivity contribution is 5.20. The van der Waals surface area contributed by atoms with E-state index in [1.807, 2.05) is 13.8 Å². The quantitative estimate of drug-likeness (QED) is 0.842. The fraction of sp³-hybridized carbons (Fsp3) is 0.750. The minimum Gasteiger partial charge on any atom is -0.361 e. The molecule has 1 aromatic heterocycles. The Hall–Kier alpha value is -0.870. The van der Waals surface area contributed by atoms with Crippen LogP contribution in [0.3, 0.4) is 0 Å². The number of aromatic nitrogens is 1. The predicted molar refractivity (Wildman–Crippen MR) is 63.3 cm³/mol. The van der Waals surface area contributed by atoms with Crippen molar-refractivity contribution >= 4 is 0 Å². The maximum Gasteiger partial charge on any atom is 0.138 e. The Morgan fingerprint density at radius 3 is 2.88 bits per heavy atom. The highest BCUT2D eigenvalue weighted by atomic mass is 16.5. The molecule has 1 aliphatic heterocycles. The van der Waals surface area contributed by atoms with Crippen molar-refractivity contribution in [2.24, 2.45) is 0 Å². The molecule has 16 heavy (non-hydrogen) atoms. The Kier molecular flexibility index (Phi) is 3.61. The van der Waals surface area contributed by atoms with Crippen molar-refractivity contribution in [2.75, 3.05) is 20.1 Å². The van der Waals surface area contributed by atoms with Gasteiger partial charge in [0.05, 0.1) is 5.69 Å². The van der Waals surface area contributed by atoms with Gasteiger partial charge in [0.2, 0.25) is 0 Å². The average Bonchev–Trinajstić information content (AvgIpc) is 2.62. The van der Waals surface area contributed by atoms with E-state index in [9.17, 15) is 0 Å². The molecule has 2 heterocycles. The van der Waals surface area contributed by atoms with Crippen molar-refractivity contribution in [3.63, 3.8) is 0 Å². The van der Waals surface area contributed by atoms with Crippen molar-refractivity contribution < 1.29 is 4.52 Å². The minimum absolute atomic E-state index is 0.641. The summed E-state index contributed by atoms with van der Waals surface area (Å²) in [5.74, 6) is 0.952. The first-order valence-corrected chi connectivity index (χ1v) is 6.01. The third-order valence-electron chi connectivity index (χ3n) is 3.48. The number of nitrogens with one attached hydrogen (secondary N) is 1. The molecule has 2 rings (SSSR count). The molecule has 1 aromatic rings. The van der Waals surface area contributed by atoms with Crippen LogP contribution in [0.4, 0.5) is 0 Å². The van der Waals surface area contributed by atoms with Crippen LogP contribution < -0.4 is 5.32 Å². The Labute approximate surface area is 97.0 Å². The first kappa shape index (κ1) is 11.6. The standard InChI is InChI=1S/C12H21N3O/c1-9-12(10(2)16-14-9)8-15(3)11-5-4-6-13-7-11/h11,13H,4-8H2,1-3H3. The van der Waals surface area contributed by atoms with Gasteiger partial charge in [-0.3, -0.25) is 4.90 Å². The van der Waals surface area contributed by atoms with E-state index in [2.05, 4.69) is 22.4 Å². The van der Waals surface area contributed by atoms with Crippen molar-refractivity contribution in [3.05, 3.63) is 17.0 Å². The third kappa shape index (κ3) is 2.44. The summed E-state index contributed by atoms with van der Waals surface area (Å²) < 4.78 is 5.19. The molecule has 4 heteroatoms. The number of rotatable bonds is 3. The summed E-state index contributed by atoms with van der Waals surface area (Å²) in [4.78, 5) is 2.40. The summed E-state index contributed by atoms with van der Waals surface area (Å²) in [7, 11) is 2.18. The van der Waals surface area contributed by atoms with E-state index in [0.717, 1.165) is 31.1 Å². The van der Waals surface area contributed by atoms with Crippen LogP contribution in [0.25, 0.3) is 0 Å². The van der Waals surface area contributed by atoms with Crippen LogP contribution in [-0.2, 0) is 6.54 Å². The molecule has 4 nitrogen and oxygen atoms in total. The molecule has 90 valence electrons. The first-order chi connectivity index (χ1) is 7.68. The highest BCUT2D eigenvalue weighted by Crippen LogP contribution is 2.17. The Morgan fingerprint density at radius 1 is 1.50 bits per heavy atom. The Balaban J connectivity index is 1.98. The SMILES string of the molecule is Cc1noc(C)c1CN(C)C1CCCNC1. The van der Waals surface area contributed by atoms with Crippen molar-refractivity contribution in [3.8, 4) is 0 Å². The molecule has 1 fully saturated rings. The van der Waals surface area contributed by atoms with Gasteiger partial charge in [-0.2, -0.15) is 0 Å². The number of hydrogen-bond acceptors (Lipinski definition) is 4. The molecule has 1 saturated heterocycles. The first-order valence-electron chi connectivity index (χ1n) is 6.01. The number of nitrogens with zero attached hydrogens (tertiary/aromatic N) is 2. The number of likely N-dealkylation sites (N-methyl/N-ethyl adjacent to an activating group) is 1. The number of piperidine rings is 1. The molecule has 0 aliphatic carbocycles. The lowest BCUT2D eigenvalue weighted by Gasteiger charge is -2.31. The van der Waals surface area contributed by atoms with Crippen LogP contribution in [0.15, 0.2) is 4.52 Å². The summed E-state index contributed by atoms with van der Waals surface area (Å²) in [6.45, 7) is 7.20. The van der Waals surface area contributed by atoms with Gasteiger partial charge in [-0.05, 0) is 40.3 Å². The van der Waals surface area contributed by atoms with E-state index in [1.165, 1.54) is 18.4 Å². The van der Waals surface area contributed by atoms with Crippen molar-refractivity contribution in [1.82, 2.24) is 15.4 Å². The van der Waals surface area contributed by atoms with Crippen molar-refractivity contribution in [1.29, 1.82) is 0 Å². The zero-order valence-electron chi connectivity index (χ0n) is 10.4. The van der Waals surface area contributed by atoms with Crippen LogP contribution in [0.2, 0.25) is 0 Å². The van der Waals surface area contributed by atoms with E-state index < -0.39 is 0 Å². The maximum absolute atomic E-state index is 5.19. The molecule has 0 saturated carbocycles. The van der Waals surface area contributed by atoms with E-state index >= 15 is 0 Å². The summed E-state index contributed by atoms with van der Waals surface area (Å²) in [6.07, 6.45) is 2.56. The Morgan fingerprint density at radius 2 is 2.31 bits per heavy atom. The molecule has 1 atom stereocenters. The molecule has 0 bridgehead atoms. The Bertz CT molecular complexity index is 323. The number of aryl methyl sites for hydroxylation is 2. The van der Waals surface area contributed by atoms with E-state index in [4.69, 9.17) is 4.52 Å². The van der Waals surface area contributed by atoms with Gasteiger partial charge in [0.25, 0.3) is 0 Å². The van der Waals surface area contributed by atoms with Gasteiger partial charge in [0.1, 0.15) is 5.76 Å². The largest absolute Gasteiger partial charge is 0.361 e. The topological polar surface area (TPSA) is 41.3 Å². The zero-order chi connectivity index (χ0) is 11.5. The van der Waals surface area contributed by atoms with E-state index in [-0.39, 0.29) is 0 Å². The zero-order valence-corrected chi connectivity index (χ0v) is 10.4. The second-order valence-electron chi connectivity index (χ2n) is 4.72. The summed E-state index contributed by atoms with van der Waals surface area (Å²) >= 11 is 0. The van der Waals surface area contributed by atoms with Crippen molar-refractivity contribution in [2.45, 2.75) is 39.3 Å². The van der Waals surface area contributed by atoms with Crippen LogP contribution >= 0.6 is 0 Å². The molecule has 1 N–H and O–H groups in total. The molecule has 0 aromatic carbocycles. The fourth-order valence-electron chi connectivity index (χ4n) is 2.32. The van der Waals surface area contributed by atoms with E-state index in [0.29, 0.717) is 6.04 Å². The summed E-state index contributed by atoms with van der Waals surface area (Å²) in [5, 5.41) is 7.44. The van der Waals surface area contributed by atoms with Gasteiger partial charge in [-0.1, -0.05) is 5.16 Å². The smallest absolute Gasteiger partial charge is 0.138 e. The van der Waals surface area contributed by atoms with Gasteiger partial charge in [0, 0.05) is 24.7 Å². The van der Waals surface area contributed by atoms with Gasteiger partial charge < -0.3 is 9.84 Å². The molecular formula is C12H21N3O. The molecule has 0 radical (unpaired) electrons.